The van der Waals surface area contributed by atoms with Crippen molar-refractivity contribution in [2.24, 2.45) is 5.10 Å². The second-order valence-electron chi connectivity index (χ2n) is 5.92. The topological polar surface area (TPSA) is 50.7 Å². The Morgan fingerprint density at radius 3 is 2.48 bits per heavy atom. The Morgan fingerprint density at radius 1 is 1.03 bits per heavy atom. The highest BCUT2D eigenvalue weighted by molar-refractivity contribution is 9.11. The summed E-state index contributed by atoms with van der Waals surface area (Å²) in [4.78, 5) is 12.1. The molecule has 0 aromatic heterocycles. The van der Waals surface area contributed by atoms with Gasteiger partial charge in [0, 0.05) is 19.5 Å². The van der Waals surface area contributed by atoms with Crippen LogP contribution in [0.25, 0.3) is 0 Å². The summed E-state index contributed by atoms with van der Waals surface area (Å²) in [7, 11) is 0. The third-order valence-corrected chi connectivity index (χ3v) is 5.62. The van der Waals surface area contributed by atoms with Crippen molar-refractivity contribution in [3.63, 3.8) is 0 Å². The summed E-state index contributed by atoms with van der Waals surface area (Å²) in [6.07, 6.45) is 1.54. The van der Waals surface area contributed by atoms with Crippen LogP contribution in [-0.2, 0) is 6.61 Å². The molecule has 0 aliphatic heterocycles. The van der Waals surface area contributed by atoms with Gasteiger partial charge in [-0.1, -0.05) is 61.1 Å². The van der Waals surface area contributed by atoms with E-state index in [9.17, 15) is 4.79 Å². The van der Waals surface area contributed by atoms with Gasteiger partial charge in [-0.2, -0.15) is 5.10 Å². The number of amides is 1. The van der Waals surface area contributed by atoms with Gasteiger partial charge in [0.2, 0.25) is 0 Å². The lowest BCUT2D eigenvalue weighted by molar-refractivity contribution is 0.0955. The minimum Gasteiger partial charge on any atom is -0.489 e. The number of halogens is 4. The molecule has 0 unspecified atom stereocenters. The minimum atomic E-state index is -0.414. The predicted molar refractivity (Wildman–Crippen MR) is 124 cm³/mol. The number of benzene rings is 3. The molecule has 0 saturated carbocycles. The van der Waals surface area contributed by atoms with Crippen LogP contribution in [0.5, 0.6) is 5.75 Å². The number of ether oxygens (including phenoxy) is 1. The molecule has 29 heavy (non-hydrogen) atoms. The molecule has 0 atom stereocenters. The molecular formula is C21H14Br2Cl2N2O2. The van der Waals surface area contributed by atoms with Crippen molar-refractivity contribution in [2.75, 3.05) is 0 Å². The summed E-state index contributed by atoms with van der Waals surface area (Å²) in [5, 5.41) is 4.69. The largest absolute Gasteiger partial charge is 0.489 e. The van der Waals surface area contributed by atoms with E-state index in [0.29, 0.717) is 17.2 Å². The Bertz CT molecular complexity index is 1060. The van der Waals surface area contributed by atoms with Crippen LogP contribution in [-0.4, -0.2) is 12.1 Å². The lowest BCUT2D eigenvalue weighted by Gasteiger charge is -2.08. The van der Waals surface area contributed by atoms with Crippen molar-refractivity contribution in [1.29, 1.82) is 0 Å². The zero-order valence-corrected chi connectivity index (χ0v) is 19.5. The van der Waals surface area contributed by atoms with Crippen LogP contribution in [0, 0.1) is 0 Å². The molecule has 4 nitrogen and oxygen atoms in total. The van der Waals surface area contributed by atoms with Gasteiger partial charge in [-0.25, -0.2) is 5.43 Å². The lowest BCUT2D eigenvalue weighted by atomic mass is 10.2. The van der Waals surface area contributed by atoms with E-state index < -0.39 is 5.91 Å². The normalized spacial score (nSPS) is 10.9. The smallest absolute Gasteiger partial charge is 0.272 e. The maximum absolute atomic E-state index is 12.1. The van der Waals surface area contributed by atoms with Crippen molar-refractivity contribution >= 4 is 67.2 Å². The first kappa shape index (κ1) is 21.8. The van der Waals surface area contributed by atoms with Gasteiger partial charge in [0.15, 0.2) is 0 Å². The third kappa shape index (κ3) is 6.31. The summed E-state index contributed by atoms with van der Waals surface area (Å²) in [6, 6.07) is 17.9. The quantitative estimate of drug-likeness (QED) is 0.266. The summed E-state index contributed by atoms with van der Waals surface area (Å²) < 4.78 is 7.79. The Morgan fingerprint density at radius 2 is 1.79 bits per heavy atom. The Balaban J connectivity index is 1.55. The highest BCUT2D eigenvalue weighted by Gasteiger charge is 2.09. The number of carbonyl (C=O) groups excluding carboxylic acids is 1. The highest BCUT2D eigenvalue weighted by Crippen LogP contribution is 2.24. The third-order valence-electron chi connectivity index (χ3n) is 3.85. The van der Waals surface area contributed by atoms with Crippen LogP contribution in [0.15, 0.2) is 74.7 Å². The minimum absolute atomic E-state index is 0.268. The molecule has 3 aromatic carbocycles. The Kier molecular flexibility index (Phi) is 7.72. The van der Waals surface area contributed by atoms with E-state index in [2.05, 4.69) is 42.4 Å². The van der Waals surface area contributed by atoms with E-state index in [-0.39, 0.29) is 5.02 Å². The summed E-state index contributed by atoms with van der Waals surface area (Å²) in [5.41, 5.74) is 4.60. The van der Waals surface area contributed by atoms with Crippen LogP contribution >= 0.6 is 55.1 Å². The van der Waals surface area contributed by atoms with E-state index >= 15 is 0 Å². The van der Waals surface area contributed by atoms with Gasteiger partial charge in [0.1, 0.15) is 12.4 Å². The predicted octanol–water partition coefficient (Wildman–Crippen LogP) is 6.86. The first-order valence-electron chi connectivity index (χ1n) is 8.37. The summed E-state index contributed by atoms with van der Waals surface area (Å²) >= 11 is 18.8. The summed E-state index contributed by atoms with van der Waals surface area (Å²) in [5.74, 6) is 0.317. The number of nitrogens with one attached hydrogen (secondary N) is 1. The fraction of sp³-hybridized carbons (Fsp3) is 0.0476. The molecule has 0 bridgehead atoms. The monoisotopic (exact) mass is 554 g/mol. The molecule has 0 saturated heterocycles. The Hall–Kier alpha value is -1.86. The zero-order chi connectivity index (χ0) is 20.8. The van der Waals surface area contributed by atoms with E-state index in [0.717, 1.165) is 25.8 Å². The first-order valence-corrected chi connectivity index (χ1v) is 10.7. The van der Waals surface area contributed by atoms with Gasteiger partial charge >= 0.3 is 0 Å². The van der Waals surface area contributed by atoms with Gasteiger partial charge in [-0.05, 0) is 60.2 Å². The van der Waals surface area contributed by atoms with E-state index in [1.807, 2.05) is 42.5 Å². The van der Waals surface area contributed by atoms with E-state index in [1.54, 1.807) is 12.1 Å². The van der Waals surface area contributed by atoms with Crippen LogP contribution in [0.2, 0.25) is 10.0 Å². The maximum atomic E-state index is 12.1. The van der Waals surface area contributed by atoms with E-state index in [4.69, 9.17) is 27.9 Å². The van der Waals surface area contributed by atoms with Crippen LogP contribution in [0.3, 0.4) is 0 Å². The molecule has 0 heterocycles. The van der Waals surface area contributed by atoms with Crippen molar-refractivity contribution in [3.05, 3.63) is 96.3 Å². The van der Waals surface area contributed by atoms with Crippen molar-refractivity contribution in [3.8, 4) is 5.75 Å². The van der Waals surface area contributed by atoms with Crippen molar-refractivity contribution in [2.45, 2.75) is 6.61 Å². The molecule has 0 spiro atoms. The SMILES string of the molecule is O=C(N/N=C\c1ccc(OCc2ccc(Br)cc2Br)cc1)c1ccc(Cl)cc1Cl. The average molecular weight is 557 g/mol. The average Bonchev–Trinajstić information content (AvgIpc) is 2.68. The molecule has 1 amide bonds. The number of rotatable bonds is 6. The molecule has 8 heteroatoms. The Labute approximate surface area is 195 Å². The number of hydrogen-bond donors (Lipinski definition) is 1. The van der Waals surface area contributed by atoms with Gasteiger partial charge in [-0.3, -0.25) is 4.79 Å². The molecule has 0 fully saturated rings. The fourth-order valence-corrected chi connectivity index (χ4v) is 4.01. The van der Waals surface area contributed by atoms with Crippen LogP contribution < -0.4 is 10.2 Å². The molecule has 3 aromatic rings. The van der Waals surface area contributed by atoms with Crippen LogP contribution in [0.1, 0.15) is 21.5 Å². The summed E-state index contributed by atoms with van der Waals surface area (Å²) in [6.45, 7) is 0.444. The second kappa shape index (κ2) is 10.3. The van der Waals surface area contributed by atoms with Gasteiger partial charge in [0.05, 0.1) is 16.8 Å². The zero-order valence-electron chi connectivity index (χ0n) is 14.8. The fourth-order valence-electron chi connectivity index (χ4n) is 2.35. The van der Waals surface area contributed by atoms with Crippen molar-refractivity contribution < 1.29 is 9.53 Å². The van der Waals surface area contributed by atoms with E-state index in [1.165, 1.54) is 12.3 Å². The highest BCUT2D eigenvalue weighted by atomic mass is 79.9. The number of hydrogen-bond acceptors (Lipinski definition) is 3. The standard InChI is InChI=1S/C21H14Br2Cl2N2O2/c22-15-4-3-14(19(23)9-15)12-29-17-6-1-13(2-7-17)11-26-27-21(28)18-8-5-16(24)10-20(18)25/h1-11H,12H2,(H,27,28)/b26-11-. The molecule has 1 N–H and O–H groups in total. The molecule has 148 valence electrons. The van der Waals surface area contributed by atoms with Gasteiger partial charge in [-0.15, -0.1) is 0 Å². The number of nitrogens with zero attached hydrogens (tertiary/aromatic N) is 1. The van der Waals surface area contributed by atoms with Gasteiger partial charge < -0.3 is 4.74 Å². The second-order valence-corrected chi connectivity index (χ2v) is 8.53. The number of hydrazone groups is 1. The maximum Gasteiger partial charge on any atom is 0.272 e. The molecule has 0 aliphatic carbocycles. The molecule has 0 aliphatic rings. The molecule has 0 radical (unpaired) electrons. The molecular weight excluding hydrogens is 543 g/mol. The number of carbonyl (C=O) groups is 1. The lowest BCUT2D eigenvalue weighted by Crippen LogP contribution is -2.18. The first-order chi connectivity index (χ1) is 13.9. The van der Waals surface area contributed by atoms with Gasteiger partial charge in [0.25, 0.3) is 5.91 Å². The molecule has 3 rings (SSSR count). The van der Waals surface area contributed by atoms with Crippen LogP contribution in [0.4, 0.5) is 0 Å². The van der Waals surface area contributed by atoms with Crippen molar-refractivity contribution in [1.82, 2.24) is 5.43 Å².